The number of carbonyl (C=O) groups excluding carboxylic acids is 1. The molecule has 0 saturated carbocycles. The molecule has 3 heterocycles. The van der Waals surface area contributed by atoms with Crippen molar-refractivity contribution in [2.24, 2.45) is 0 Å². The summed E-state index contributed by atoms with van der Waals surface area (Å²) in [5.41, 5.74) is 1.99. The number of ether oxygens (including phenoxy) is 1. The SMILES string of the molecule is C[C@@H]1CCCN1CCCOc1ccc2c(c1)CCC(=O)N2c1ccc(Cl)cn1. The van der Waals surface area contributed by atoms with Crippen LogP contribution in [0, 0.1) is 0 Å². The quantitative estimate of drug-likeness (QED) is 0.666. The fraction of sp³-hybridized carbons (Fsp3) is 0.455. The Morgan fingerprint density at radius 1 is 1.25 bits per heavy atom. The third-order valence-corrected chi connectivity index (χ3v) is 5.86. The summed E-state index contributed by atoms with van der Waals surface area (Å²) in [6.45, 7) is 5.32. The molecule has 4 rings (SSSR count). The molecule has 0 unspecified atom stereocenters. The van der Waals surface area contributed by atoms with Crippen LogP contribution in [0.2, 0.25) is 5.02 Å². The third kappa shape index (κ3) is 4.15. The first kappa shape index (κ1) is 19.2. The Labute approximate surface area is 171 Å². The maximum atomic E-state index is 12.5. The molecule has 6 heteroatoms. The number of carbonyl (C=O) groups is 1. The largest absolute Gasteiger partial charge is 0.494 e. The van der Waals surface area contributed by atoms with E-state index in [0.717, 1.165) is 36.4 Å². The highest BCUT2D eigenvalue weighted by Gasteiger charge is 2.27. The fourth-order valence-electron chi connectivity index (χ4n) is 4.09. The van der Waals surface area contributed by atoms with Gasteiger partial charge < -0.3 is 9.64 Å². The smallest absolute Gasteiger partial charge is 0.233 e. The number of aryl methyl sites for hydroxylation is 1. The van der Waals surface area contributed by atoms with E-state index in [1.807, 2.05) is 12.1 Å². The molecule has 0 bridgehead atoms. The van der Waals surface area contributed by atoms with E-state index in [1.54, 1.807) is 23.2 Å². The van der Waals surface area contributed by atoms with Gasteiger partial charge in [-0.15, -0.1) is 0 Å². The molecule has 1 saturated heterocycles. The first-order chi connectivity index (χ1) is 13.6. The number of likely N-dealkylation sites (tertiary alicyclic amines) is 1. The van der Waals surface area contributed by atoms with Crippen LogP contribution in [0.25, 0.3) is 0 Å². The van der Waals surface area contributed by atoms with Crippen LogP contribution in [0.3, 0.4) is 0 Å². The number of hydrogen-bond donors (Lipinski definition) is 0. The molecule has 1 aromatic carbocycles. The second-order valence-corrected chi connectivity index (χ2v) is 8.02. The highest BCUT2D eigenvalue weighted by molar-refractivity contribution is 6.30. The lowest BCUT2D eigenvalue weighted by molar-refractivity contribution is -0.118. The predicted octanol–water partition coefficient (Wildman–Crippen LogP) is 4.60. The molecule has 1 fully saturated rings. The molecule has 148 valence electrons. The standard InChI is InChI=1S/C22H26ClN3O2/c1-16-4-2-11-25(16)12-3-13-28-19-7-8-20-17(14-19)5-10-22(27)26(20)21-9-6-18(23)15-24-21/h6-9,14-16H,2-5,10-13H2,1H3/t16-/m1/s1. The Morgan fingerprint density at radius 2 is 2.14 bits per heavy atom. The molecule has 0 radical (unpaired) electrons. The molecule has 2 aromatic rings. The average Bonchev–Trinajstić information content (AvgIpc) is 3.11. The van der Waals surface area contributed by atoms with Crippen molar-refractivity contribution in [1.82, 2.24) is 9.88 Å². The molecule has 0 aliphatic carbocycles. The van der Waals surface area contributed by atoms with Gasteiger partial charge >= 0.3 is 0 Å². The summed E-state index contributed by atoms with van der Waals surface area (Å²) in [4.78, 5) is 21.0. The number of rotatable bonds is 6. The summed E-state index contributed by atoms with van der Waals surface area (Å²) in [7, 11) is 0. The number of fused-ring (bicyclic) bond motifs is 1. The summed E-state index contributed by atoms with van der Waals surface area (Å²) in [6.07, 6.45) is 6.40. The van der Waals surface area contributed by atoms with E-state index < -0.39 is 0 Å². The summed E-state index contributed by atoms with van der Waals surface area (Å²) < 4.78 is 5.99. The zero-order valence-electron chi connectivity index (χ0n) is 16.2. The van der Waals surface area contributed by atoms with E-state index in [2.05, 4.69) is 22.9 Å². The molecule has 0 spiro atoms. The van der Waals surface area contributed by atoms with Crippen LogP contribution in [-0.4, -0.2) is 41.5 Å². The molecule has 28 heavy (non-hydrogen) atoms. The van der Waals surface area contributed by atoms with Gasteiger partial charge in [-0.2, -0.15) is 0 Å². The molecule has 2 aliphatic heterocycles. The number of aromatic nitrogens is 1. The van der Waals surface area contributed by atoms with Crippen molar-refractivity contribution in [1.29, 1.82) is 0 Å². The first-order valence-corrected chi connectivity index (χ1v) is 10.4. The van der Waals surface area contributed by atoms with Crippen LogP contribution >= 0.6 is 11.6 Å². The summed E-state index contributed by atoms with van der Waals surface area (Å²) in [5.74, 6) is 1.52. The normalized spacial score (nSPS) is 19.7. The molecule has 1 atom stereocenters. The Bertz CT molecular complexity index is 840. The summed E-state index contributed by atoms with van der Waals surface area (Å²) >= 11 is 5.93. The minimum absolute atomic E-state index is 0.0516. The van der Waals surface area contributed by atoms with Crippen LogP contribution < -0.4 is 9.64 Å². The predicted molar refractivity (Wildman–Crippen MR) is 112 cm³/mol. The molecular weight excluding hydrogens is 374 g/mol. The van der Waals surface area contributed by atoms with E-state index in [1.165, 1.54) is 19.4 Å². The first-order valence-electron chi connectivity index (χ1n) is 10.1. The number of amides is 1. The highest BCUT2D eigenvalue weighted by Crippen LogP contribution is 2.35. The van der Waals surface area contributed by atoms with Crippen molar-refractivity contribution in [3.05, 3.63) is 47.1 Å². The Balaban J connectivity index is 1.41. The van der Waals surface area contributed by atoms with Gasteiger partial charge in [0.25, 0.3) is 0 Å². The number of benzene rings is 1. The zero-order chi connectivity index (χ0) is 19.5. The van der Waals surface area contributed by atoms with Gasteiger partial charge in [-0.25, -0.2) is 4.98 Å². The second-order valence-electron chi connectivity index (χ2n) is 7.58. The zero-order valence-corrected chi connectivity index (χ0v) is 17.0. The molecule has 1 amide bonds. The number of nitrogens with zero attached hydrogens (tertiary/aromatic N) is 3. The monoisotopic (exact) mass is 399 g/mol. The van der Waals surface area contributed by atoms with Crippen LogP contribution in [0.15, 0.2) is 36.5 Å². The van der Waals surface area contributed by atoms with Crippen molar-refractivity contribution in [3.63, 3.8) is 0 Å². The van der Waals surface area contributed by atoms with Gasteiger partial charge in [0.1, 0.15) is 11.6 Å². The van der Waals surface area contributed by atoms with E-state index in [0.29, 0.717) is 29.9 Å². The fourth-order valence-corrected chi connectivity index (χ4v) is 4.20. The van der Waals surface area contributed by atoms with E-state index >= 15 is 0 Å². The van der Waals surface area contributed by atoms with Gasteiger partial charge in [-0.05, 0) is 75.0 Å². The van der Waals surface area contributed by atoms with Crippen molar-refractivity contribution in [2.45, 2.75) is 45.1 Å². The van der Waals surface area contributed by atoms with E-state index in [-0.39, 0.29) is 5.91 Å². The molecule has 2 aliphatic rings. The summed E-state index contributed by atoms with van der Waals surface area (Å²) in [5, 5.41) is 0.556. The van der Waals surface area contributed by atoms with E-state index in [4.69, 9.17) is 16.3 Å². The summed E-state index contributed by atoms with van der Waals surface area (Å²) in [6, 6.07) is 10.2. The van der Waals surface area contributed by atoms with Crippen molar-refractivity contribution < 1.29 is 9.53 Å². The minimum Gasteiger partial charge on any atom is -0.494 e. The molecule has 0 N–H and O–H groups in total. The Hall–Kier alpha value is -2.11. The molecule has 5 nitrogen and oxygen atoms in total. The minimum atomic E-state index is 0.0516. The number of anilines is 2. The van der Waals surface area contributed by atoms with Crippen molar-refractivity contribution in [3.8, 4) is 5.75 Å². The van der Waals surface area contributed by atoms with Crippen molar-refractivity contribution in [2.75, 3.05) is 24.6 Å². The van der Waals surface area contributed by atoms with Crippen LogP contribution in [0.5, 0.6) is 5.75 Å². The number of hydrogen-bond acceptors (Lipinski definition) is 4. The third-order valence-electron chi connectivity index (χ3n) is 5.64. The lowest BCUT2D eigenvalue weighted by Crippen LogP contribution is -2.31. The number of halogens is 1. The Kier molecular flexibility index (Phi) is 5.83. The van der Waals surface area contributed by atoms with Gasteiger partial charge in [0.2, 0.25) is 5.91 Å². The van der Waals surface area contributed by atoms with Crippen LogP contribution in [0.4, 0.5) is 11.5 Å². The lowest BCUT2D eigenvalue weighted by atomic mass is 10.0. The van der Waals surface area contributed by atoms with Crippen LogP contribution in [-0.2, 0) is 11.2 Å². The Morgan fingerprint density at radius 3 is 2.89 bits per heavy atom. The number of pyridine rings is 1. The highest BCUT2D eigenvalue weighted by atomic mass is 35.5. The van der Waals surface area contributed by atoms with Crippen LogP contribution in [0.1, 0.15) is 38.2 Å². The van der Waals surface area contributed by atoms with Gasteiger partial charge in [0, 0.05) is 25.2 Å². The van der Waals surface area contributed by atoms with E-state index in [9.17, 15) is 4.79 Å². The maximum absolute atomic E-state index is 12.5. The van der Waals surface area contributed by atoms with Gasteiger partial charge in [0.15, 0.2) is 0 Å². The van der Waals surface area contributed by atoms with Gasteiger partial charge in [-0.3, -0.25) is 9.69 Å². The van der Waals surface area contributed by atoms with Crippen molar-refractivity contribution >= 4 is 29.0 Å². The second kappa shape index (κ2) is 8.50. The maximum Gasteiger partial charge on any atom is 0.233 e. The van der Waals surface area contributed by atoms with Gasteiger partial charge in [0.05, 0.1) is 17.3 Å². The average molecular weight is 400 g/mol. The molecular formula is C22H26ClN3O2. The van der Waals surface area contributed by atoms with Gasteiger partial charge in [-0.1, -0.05) is 11.6 Å². The topological polar surface area (TPSA) is 45.7 Å². The molecule has 1 aromatic heterocycles. The lowest BCUT2D eigenvalue weighted by Gasteiger charge is -2.29.